The van der Waals surface area contributed by atoms with Crippen LogP contribution in [0.15, 0.2) is 60.2 Å². The van der Waals surface area contributed by atoms with Crippen LogP contribution in [0.25, 0.3) is 6.08 Å². The largest absolute Gasteiger partial charge is 0.479 e. The maximum atomic E-state index is 12.4. The Hall–Kier alpha value is -3.59. The van der Waals surface area contributed by atoms with Crippen molar-refractivity contribution < 1.29 is 14.3 Å². The van der Waals surface area contributed by atoms with Crippen LogP contribution >= 0.6 is 0 Å². The molecule has 2 aromatic carbocycles. The van der Waals surface area contributed by atoms with Crippen molar-refractivity contribution in [2.24, 2.45) is 0 Å². The minimum absolute atomic E-state index is 0.0344. The van der Waals surface area contributed by atoms with Crippen LogP contribution in [0, 0.1) is 11.3 Å². The second-order valence-corrected chi connectivity index (χ2v) is 4.99. The average Bonchev–Trinajstić information content (AvgIpc) is 2.90. The molecule has 0 atom stereocenters. The standard InChI is InChI=1S/C18H13N3O3/c19-10-11-24-15-8-6-13(7-9-15)12-16-17(22)20-21(18(16)23)14-4-2-1-3-5-14/h1-9,12H,11H2,(H,20,22)/b16-12-. The molecule has 1 aliphatic rings. The van der Waals surface area contributed by atoms with E-state index < -0.39 is 11.8 Å². The van der Waals surface area contributed by atoms with Gasteiger partial charge >= 0.3 is 0 Å². The molecule has 1 fully saturated rings. The summed E-state index contributed by atoms with van der Waals surface area (Å²) in [6.45, 7) is -0.0344. The van der Waals surface area contributed by atoms with Gasteiger partial charge in [-0.2, -0.15) is 5.26 Å². The summed E-state index contributed by atoms with van der Waals surface area (Å²) < 4.78 is 5.16. The summed E-state index contributed by atoms with van der Waals surface area (Å²) >= 11 is 0. The van der Waals surface area contributed by atoms with Crippen LogP contribution in [-0.4, -0.2) is 18.4 Å². The highest BCUT2D eigenvalue weighted by molar-refractivity contribution is 6.31. The molecule has 3 rings (SSSR count). The number of rotatable bonds is 4. The summed E-state index contributed by atoms with van der Waals surface area (Å²) in [5.41, 5.74) is 3.89. The van der Waals surface area contributed by atoms with Crippen molar-refractivity contribution >= 4 is 23.6 Å². The molecule has 6 heteroatoms. The molecule has 0 spiro atoms. The van der Waals surface area contributed by atoms with Gasteiger partial charge in [0.2, 0.25) is 0 Å². The van der Waals surface area contributed by atoms with E-state index >= 15 is 0 Å². The Morgan fingerprint density at radius 1 is 1.08 bits per heavy atom. The normalized spacial score (nSPS) is 15.3. The van der Waals surface area contributed by atoms with Gasteiger partial charge in [-0.1, -0.05) is 30.3 Å². The molecule has 0 saturated carbocycles. The number of hydrazine groups is 1. The Bertz CT molecular complexity index is 836. The van der Waals surface area contributed by atoms with E-state index in [1.54, 1.807) is 48.5 Å². The fourth-order valence-electron chi connectivity index (χ4n) is 2.26. The van der Waals surface area contributed by atoms with E-state index in [0.717, 1.165) is 0 Å². The van der Waals surface area contributed by atoms with E-state index in [1.165, 1.54) is 11.1 Å². The van der Waals surface area contributed by atoms with Crippen LogP contribution in [-0.2, 0) is 9.59 Å². The van der Waals surface area contributed by atoms with Gasteiger partial charge < -0.3 is 4.74 Å². The van der Waals surface area contributed by atoms with Crippen molar-refractivity contribution in [2.75, 3.05) is 11.6 Å². The topological polar surface area (TPSA) is 82.4 Å². The molecule has 1 saturated heterocycles. The SMILES string of the molecule is N#CCOc1ccc(/C=C2/C(=O)NN(c3ccccc3)C2=O)cc1. The molecule has 24 heavy (non-hydrogen) atoms. The Morgan fingerprint density at radius 2 is 1.79 bits per heavy atom. The van der Waals surface area contributed by atoms with E-state index in [9.17, 15) is 9.59 Å². The number of nitrogens with one attached hydrogen (secondary N) is 1. The molecule has 0 unspecified atom stereocenters. The van der Waals surface area contributed by atoms with Crippen LogP contribution in [0.1, 0.15) is 5.56 Å². The number of amides is 2. The fraction of sp³-hybridized carbons (Fsp3) is 0.0556. The van der Waals surface area contributed by atoms with E-state index in [2.05, 4.69) is 5.43 Å². The second-order valence-electron chi connectivity index (χ2n) is 4.99. The van der Waals surface area contributed by atoms with Crippen LogP contribution in [0.5, 0.6) is 5.75 Å². The summed E-state index contributed by atoms with van der Waals surface area (Å²) in [5.74, 6) is -0.309. The number of hydrogen-bond acceptors (Lipinski definition) is 4. The van der Waals surface area contributed by atoms with Gasteiger partial charge in [-0.25, -0.2) is 5.01 Å². The third-order valence-corrected chi connectivity index (χ3v) is 3.40. The lowest BCUT2D eigenvalue weighted by atomic mass is 10.1. The van der Waals surface area contributed by atoms with Crippen molar-refractivity contribution in [1.82, 2.24) is 5.43 Å². The van der Waals surface area contributed by atoms with Gasteiger partial charge in [0.25, 0.3) is 11.8 Å². The van der Waals surface area contributed by atoms with Crippen LogP contribution in [0.3, 0.4) is 0 Å². The average molecular weight is 319 g/mol. The molecule has 2 aromatic rings. The molecule has 118 valence electrons. The number of nitriles is 1. The molecular weight excluding hydrogens is 306 g/mol. The van der Waals surface area contributed by atoms with E-state index in [0.29, 0.717) is 17.0 Å². The van der Waals surface area contributed by atoms with Crippen molar-refractivity contribution in [3.63, 3.8) is 0 Å². The van der Waals surface area contributed by atoms with Crippen LogP contribution in [0.4, 0.5) is 5.69 Å². The van der Waals surface area contributed by atoms with Crippen LogP contribution in [0.2, 0.25) is 0 Å². The molecule has 1 heterocycles. The minimum Gasteiger partial charge on any atom is -0.479 e. The smallest absolute Gasteiger partial charge is 0.282 e. The van der Waals surface area contributed by atoms with Crippen molar-refractivity contribution in [3.8, 4) is 11.8 Å². The van der Waals surface area contributed by atoms with E-state index in [1.807, 2.05) is 12.1 Å². The molecule has 0 aromatic heterocycles. The molecule has 0 bridgehead atoms. The number of carbonyl (C=O) groups excluding carboxylic acids is 2. The Kier molecular flexibility index (Phi) is 4.25. The monoisotopic (exact) mass is 319 g/mol. The molecular formula is C18H13N3O3. The quantitative estimate of drug-likeness (QED) is 0.690. The first-order valence-corrected chi connectivity index (χ1v) is 7.21. The predicted molar refractivity (Wildman–Crippen MR) is 87.6 cm³/mol. The molecule has 1 N–H and O–H groups in total. The molecule has 1 aliphatic heterocycles. The Labute approximate surface area is 138 Å². The summed E-state index contributed by atoms with van der Waals surface area (Å²) in [5, 5.41) is 9.70. The highest BCUT2D eigenvalue weighted by atomic mass is 16.5. The predicted octanol–water partition coefficient (Wildman–Crippen LogP) is 2.05. The lowest BCUT2D eigenvalue weighted by molar-refractivity contribution is -0.117. The van der Waals surface area contributed by atoms with Gasteiger partial charge in [-0.3, -0.25) is 15.0 Å². The summed E-state index contributed by atoms with van der Waals surface area (Å²) in [4.78, 5) is 24.5. The van der Waals surface area contributed by atoms with Gasteiger partial charge in [0.05, 0.1) is 5.69 Å². The third kappa shape index (κ3) is 3.10. The number of benzene rings is 2. The number of ether oxygens (including phenoxy) is 1. The number of carbonyl (C=O) groups is 2. The number of hydrogen-bond donors (Lipinski definition) is 1. The van der Waals surface area contributed by atoms with Crippen molar-refractivity contribution in [2.45, 2.75) is 0 Å². The molecule has 6 nitrogen and oxygen atoms in total. The van der Waals surface area contributed by atoms with Gasteiger partial charge in [-0.15, -0.1) is 0 Å². The van der Waals surface area contributed by atoms with Crippen LogP contribution < -0.4 is 15.2 Å². The lowest BCUT2D eigenvalue weighted by Crippen LogP contribution is -2.35. The highest BCUT2D eigenvalue weighted by Crippen LogP contribution is 2.21. The molecule has 2 amide bonds. The van der Waals surface area contributed by atoms with Gasteiger partial charge in [-0.05, 0) is 35.9 Å². The maximum absolute atomic E-state index is 12.4. The van der Waals surface area contributed by atoms with Crippen molar-refractivity contribution in [1.29, 1.82) is 5.26 Å². The van der Waals surface area contributed by atoms with E-state index in [4.69, 9.17) is 10.00 Å². The van der Waals surface area contributed by atoms with Gasteiger partial charge in [0.1, 0.15) is 17.4 Å². The summed E-state index contributed by atoms with van der Waals surface area (Å²) in [6, 6.07) is 17.6. The zero-order valence-electron chi connectivity index (χ0n) is 12.6. The zero-order valence-corrected chi connectivity index (χ0v) is 12.6. The molecule has 0 radical (unpaired) electrons. The second kappa shape index (κ2) is 6.67. The molecule has 0 aliphatic carbocycles. The van der Waals surface area contributed by atoms with E-state index in [-0.39, 0.29) is 12.2 Å². The first kappa shape index (κ1) is 15.3. The van der Waals surface area contributed by atoms with Gasteiger partial charge in [0.15, 0.2) is 6.61 Å². The number of nitrogens with zero attached hydrogens (tertiary/aromatic N) is 2. The number of anilines is 1. The fourth-order valence-corrected chi connectivity index (χ4v) is 2.26. The lowest BCUT2D eigenvalue weighted by Gasteiger charge is -2.13. The Morgan fingerprint density at radius 3 is 2.46 bits per heavy atom. The zero-order chi connectivity index (χ0) is 16.9. The van der Waals surface area contributed by atoms with Gasteiger partial charge in [0, 0.05) is 0 Å². The number of para-hydroxylation sites is 1. The Balaban J connectivity index is 1.81. The first-order valence-electron chi connectivity index (χ1n) is 7.21. The minimum atomic E-state index is -0.450. The first-order chi connectivity index (χ1) is 11.7. The maximum Gasteiger partial charge on any atom is 0.282 e. The highest BCUT2D eigenvalue weighted by Gasteiger charge is 2.34. The van der Waals surface area contributed by atoms with Crippen molar-refractivity contribution in [3.05, 3.63) is 65.7 Å². The summed E-state index contributed by atoms with van der Waals surface area (Å²) in [7, 11) is 0. The summed E-state index contributed by atoms with van der Waals surface area (Å²) in [6.07, 6.45) is 1.52. The third-order valence-electron chi connectivity index (χ3n) is 3.40.